The van der Waals surface area contributed by atoms with Gasteiger partial charge in [0.05, 0.1) is 19.1 Å². The van der Waals surface area contributed by atoms with Crippen LogP contribution in [0.3, 0.4) is 0 Å². The second-order valence-electron chi connectivity index (χ2n) is 3.54. The molecular formula is C12H16ClNO3. The molecule has 0 saturated heterocycles. The number of rotatable bonds is 7. The average Bonchev–Trinajstić information content (AvgIpc) is 2.38. The van der Waals surface area contributed by atoms with Gasteiger partial charge >= 0.3 is 0 Å². The number of nitrogens with zero attached hydrogens (tertiary/aromatic N) is 1. The molecule has 0 saturated carbocycles. The Morgan fingerprint density at radius 2 is 1.65 bits per heavy atom. The van der Waals surface area contributed by atoms with Crippen LogP contribution < -0.4 is 4.90 Å². The van der Waals surface area contributed by atoms with Crippen molar-refractivity contribution >= 4 is 23.1 Å². The molecule has 0 bridgehead atoms. The summed E-state index contributed by atoms with van der Waals surface area (Å²) in [6.07, 6.45) is 0. The van der Waals surface area contributed by atoms with Gasteiger partial charge in [-0.05, 0) is 24.3 Å². The minimum atomic E-state index is -0.117. The Balaban J connectivity index is 2.80. The molecule has 0 amide bonds. The van der Waals surface area contributed by atoms with E-state index in [-0.39, 0.29) is 24.9 Å². The number of benzene rings is 1. The zero-order chi connectivity index (χ0) is 12.7. The summed E-state index contributed by atoms with van der Waals surface area (Å²) in [5.41, 5.74) is 1.43. The Morgan fingerprint density at radius 1 is 1.12 bits per heavy atom. The van der Waals surface area contributed by atoms with E-state index in [0.29, 0.717) is 18.7 Å². The number of anilines is 1. The van der Waals surface area contributed by atoms with Crippen molar-refractivity contribution < 1.29 is 15.0 Å². The average molecular weight is 258 g/mol. The van der Waals surface area contributed by atoms with Gasteiger partial charge in [0.25, 0.3) is 0 Å². The summed E-state index contributed by atoms with van der Waals surface area (Å²) >= 11 is 5.46. The van der Waals surface area contributed by atoms with Crippen molar-refractivity contribution in [2.75, 3.05) is 37.1 Å². The smallest absolute Gasteiger partial charge is 0.177 e. The topological polar surface area (TPSA) is 60.8 Å². The number of hydrogen-bond acceptors (Lipinski definition) is 4. The van der Waals surface area contributed by atoms with Crippen LogP contribution >= 0.6 is 11.6 Å². The van der Waals surface area contributed by atoms with Crippen LogP contribution in [0.4, 0.5) is 5.69 Å². The van der Waals surface area contributed by atoms with Gasteiger partial charge < -0.3 is 15.1 Å². The molecular weight excluding hydrogens is 242 g/mol. The molecule has 0 aliphatic rings. The van der Waals surface area contributed by atoms with Gasteiger partial charge in [0.2, 0.25) is 0 Å². The third-order valence-corrected chi connectivity index (χ3v) is 2.66. The van der Waals surface area contributed by atoms with Crippen molar-refractivity contribution in [1.29, 1.82) is 0 Å². The van der Waals surface area contributed by atoms with Gasteiger partial charge in [0.1, 0.15) is 0 Å². The number of aliphatic hydroxyl groups excluding tert-OH is 2. The second kappa shape index (κ2) is 7.27. The minimum Gasteiger partial charge on any atom is -0.395 e. The molecule has 0 aliphatic heterocycles. The minimum absolute atomic E-state index is 0.0162. The fourth-order valence-electron chi connectivity index (χ4n) is 1.55. The third kappa shape index (κ3) is 4.00. The highest BCUT2D eigenvalue weighted by molar-refractivity contribution is 6.30. The monoisotopic (exact) mass is 257 g/mol. The number of Topliss-reactive ketones (excluding diaryl/α,β-unsaturated/α-hetero) is 1. The predicted molar refractivity (Wildman–Crippen MR) is 67.9 cm³/mol. The lowest BCUT2D eigenvalue weighted by molar-refractivity contribution is 0.102. The number of halogens is 1. The van der Waals surface area contributed by atoms with Crippen LogP contribution in [0.15, 0.2) is 24.3 Å². The summed E-state index contributed by atoms with van der Waals surface area (Å²) in [5.74, 6) is -0.148. The van der Waals surface area contributed by atoms with Gasteiger partial charge in [0, 0.05) is 24.3 Å². The maximum Gasteiger partial charge on any atom is 0.177 e. The second-order valence-corrected chi connectivity index (χ2v) is 3.81. The molecule has 0 spiro atoms. The fraction of sp³-hybridized carbons (Fsp3) is 0.417. The highest BCUT2D eigenvalue weighted by Gasteiger charge is 2.07. The molecule has 2 N–H and O–H groups in total. The van der Waals surface area contributed by atoms with Crippen molar-refractivity contribution in [3.63, 3.8) is 0 Å². The summed E-state index contributed by atoms with van der Waals surface area (Å²) in [5, 5.41) is 17.8. The summed E-state index contributed by atoms with van der Waals surface area (Å²) in [6, 6.07) is 6.96. The maximum atomic E-state index is 11.3. The van der Waals surface area contributed by atoms with Crippen LogP contribution in [0.25, 0.3) is 0 Å². The quantitative estimate of drug-likeness (QED) is 0.563. The van der Waals surface area contributed by atoms with Gasteiger partial charge in [0.15, 0.2) is 5.78 Å². The highest BCUT2D eigenvalue weighted by atomic mass is 35.5. The lowest BCUT2D eigenvalue weighted by atomic mass is 10.1. The van der Waals surface area contributed by atoms with E-state index in [1.807, 2.05) is 4.90 Å². The van der Waals surface area contributed by atoms with E-state index in [9.17, 15) is 4.79 Å². The molecule has 0 atom stereocenters. The number of aliphatic hydroxyl groups is 2. The molecule has 0 unspecified atom stereocenters. The largest absolute Gasteiger partial charge is 0.395 e. The third-order valence-electron chi connectivity index (χ3n) is 2.42. The van der Waals surface area contributed by atoms with Crippen LogP contribution in [-0.4, -0.2) is 48.2 Å². The SMILES string of the molecule is O=C(CCl)c1ccc(N(CCO)CCO)cc1. The van der Waals surface area contributed by atoms with Crippen LogP contribution in [0.1, 0.15) is 10.4 Å². The van der Waals surface area contributed by atoms with E-state index in [1.54, 1.807) is 24.3 Å². The number of carbonyl (C=O) groups excluding carboxylic acids is 1. The van der Waals surface area contributed by atoms with Crippen molar-refractivity contribution in [2.45, 2.75) is 0 Å². The van der Waals surface area contributed by atoms with Gasteiger partial charge in [-0.1, -0.05) is 0 Å². The summed E-state index contributed by atoms with van der Waals surface area (Å²) < 4.78 is 0. The van der Waals surface area contributed by atoms with E-state index >= 15 is 0 Å². The first kappa shape index (κ1) is 14.0. The van der Waals surface area contributed by atoms with Crippen molar-refractivity contribution in [1.82, 2.24) is 0 Å². The maximum absolute atomic E-state index is 11.3. The van der Waals surface area contributed by atoms with Crippen molar-refractivity contribution in [3.8, 4) is 0 Å². The zero-order valence-electron chi connectivity index (χ0n) is 9.47. The lowest BCUT2D eigenvalue weighted by Gasteiger charge is -2.22. The van der Waals surface area contributed by atoms with Gasteiger partial charge in [-0.2, -0.15) is 0 Å². The molecule has 0 fully saturated rings. The van der Waals surface area contributed by atoms with E-state index in [2.05, 4.69) is 0 Å². The standard InChI is InChI=1S/C12H16ClNO3/c13-9-12(17)10-1-3-11(4-2-10)14(5-7-15)6-8-16/h1-4,15-16H,5-9H2. The van der Waals surface area contributed by atoms with Crippen LogP contribution in [0.5, 0.6) is 0 Å². The number of hydrogen-bond donors (Lipinski definition) is 2. The van der Waals surface area contributed by atoms with Crippen molar-refractivity contribution in [2.24, 2.45) is 0 Å². The van der Waals surface area contributed by atoms with Gasteiger partial charge in [-0.3, -0.25) is 4.79 Å². The van der Waals surface area contributed by atoms with E-state index in [4.69, 9.17) is 21.8 Å². The molecule has 0 radical (unpaired) electrons. The van der Waals surface area contributed by atoms with Gasteiger partial charge in [-0.15, -0.1) is 11.6 Å². The first-order valence-corrected chi connectivity index (χ1v) is 5.92. The first-order valence-electron chi connectivity index (χ1n) is 5.38. The number of ketones is 1. The predicted octanol–water partition coefficient (Wildman–Crippen LogP) is 0.899. The molecule has 0 aromatic heterocycles. The summed E-state index contributed by atoms with van der Waals surface area (Å²) in [4.78, 5) is 13.2. The zero-order valence-corrected chi connectivity index (χ0v) is 10.2. The Bertz CT molecular complexity index is 347. The molecule has 1 rings (SSSR count). The molecule has 1 aromatic rings. The Kier molecular flexibility index (Phi) is 5.97. The molecule has 0 heterocycles. The molecule has 4 nitrogen and oxygen atoms in total. The van der Waals surface area contributed by atoms with Gasteiger partial charge in [-0.25, -0.2) is 0 Å². The van der Waals surface area contributed by atoms with Crippen LogP contribution in [-0.2, 0) is 0 Å². The van der Waals surface area contributed by atoms with Crippen molar-refractivity contribution in [3.05, 3.63) is 29.8 Å². The highest BCUT2D eigenvalue weighted by Crippen LogP contribution is 2.15. The molecule has 1 aromatic carbocycles. The number of alkyl halides is 1. The van der Waals surface area contributed by atoms with Crippen LogP contribution in [0.2, 0.25) is 0 Å². The van der Waals surface area contributed by atoms with Crippen LogP contribution in [0, 0.1) is 0 Å². The Hall–Kier alpha value is -1.10. The molecule has 0 aliphatic carbocycles. The fourth-order valence-corrected chi connectivity index (χ4v) is 1.70. The lowest BCUT2D eigenvalue weighted by Crippen LogP contribution is -2.29. The summed E-state index contributed by atoms with van der Waals surface area (Å²) in [6.45, 7) is 0.928. The number of carbonyl (C=O) groups is 1. The summed E-state index contributed by atoms with van der Waals surface area (Å²) in [7, 11) is 0. The van der Waals surface area contributed by atoms with E-state index in [1.165, 1.54) is 0 Å². The Morgan fingerprint density at radius 3 is 2.06 bits per heavy atom. The molecule has 94 valence electrons. The molecule has 17 heavy (non-hydrogen) atoms. The van der Waals surface area contributed by atoms with E-state index in [0.717, 1.165) is 5.69 Å². The normalized spacial score (nSPS) is 10.3. The first-order chi connectivity index (χ1) is 8.22. The van der Waals surface area contributed by atoms with E-state index < -0.39 is 0 Å². The Labute approximate surface area is 105 Å². The molecule has 5 heteroatoms.